The van der Waals surface area contributed by atoms with Crippen LogP contribution in [0.15, 0.2) is 5.38 Å². The Kier molecular flexibility index (Phi) is 3.86. The molecular formula is C9H17N3OS. The molecular weight excluding hydrogens is 198 g/mol. The summed E-state index contributed by atoms with van der Waals surface area (Å²) in [4.78, 5) is 6.44. The quantitative estimate of drug-likeness (QED) is 0.786. The van der Waals surface area contributed by atoms with Crippen LogP contribution in [0.3, 0.4) is 0 Å². The van der Waals surface area contributed by atoms with Crippen molar-refractivity contribution in [2.24, 2.45) is 5.73 Å². The normalized spacial score (nSPS) is 13.3. The number of aromatic nitrogens is 1. The van der Waals surface area contributed by atoms with E-state index in [1.807, 2.05) is 12.4 Å². The molecule has 0 aliphatic rings. The van der Waals surface area contributed by atoms with Crippen molar-refractivity contribution >= 4 is 16.5 Å². The SMILES string of the molecule is CC(C)N(C)c1nc(C(N)CO)cs1. The van der Waals surface area contributed by atoms with Crippen LogP contribution in [0.2, 0.25) is 0 Å². The van der Waals surface area contributed by atoms with Gasteiger partial charge in [-0.05, 0) is 13.8 Å². The molecule has 1 unspecified atom stereocenters. The van der Waals surface area contributed by atoms with Gasteiger partial charge >= 0.3 is 0 Å². The van der Waals surface area contributed by atoms with E-state index in [9.17, 15) is 0 Å². The van der Waals surface area contributed by atoms with E-state index in [0.717, 1.165) is 10.8 Å². The highest BCUT2D eigenvalue weighted by atomic mass is 32.1. The van der Waals surface area contributed by atoms with Crippen molar-refractivity contribution in [1.82, 2.24) is 4.98 Å². The molecule has 1 rings (SSSR count). The molecule has 0 saturated carbocycles. The number of hydrogen-bond donors (Lipinski definition) is 2. The second-order valence-corrected chi connectivity index (χ2v) is 4.39. The summed E-state index contributed by atoms with van der Waals surface area (Å²) < 4.78 is 0. The van der Waals surface area contributed by atoms with Gasteiger partial charge in [-0.2, -0.15) is 0 Å². The Hall–Kier alpha value is -0.650. The molecule has 14 heavy (non-hydrogen) atoms. The monoisotopic (exact) mass is 215 g/mol. The van der Waals surface area contributed by atoms with Crippen LogP contribution in [0.1, 0.15) is 25.6 Å². The minimum atomic E-state index is -0.361. The molecule has 1 aromatic rings. The van der Waals surface area contributed by atoms with E-state index in [1.54, 1.807) is 11.3 Å². The van der Waals surface area contributed by atoms with Crippen LogP contribution < -0.4 is 10.6 Å². The van der Waals surface area contributed by atoms with E-state index in [2.05, 4.69) is 23.7 Å². The Morgan fingerprint density at radius 2 is 2.29 bits per heavy atom. The van der Waals surface area contributed by atoms with E-state index >= 15 is 0 Å². The lowest BCUT2D eigenvalue weighted by Crippen LogP contribution is -2.25. The van der Waals surface area contributed by atoms with Crippen molar-refractivity contribution in [3.8, 4) is 0 Å². The van der Waals surface area contributed by atoms with Crippen molar-refractivity contribution in [1.29, 1.82) is 0 Å². The van der Waals surface area contributed by atoms with Gasteiger partial charge in [0.05, 0.1) is 18.3 Å². The number of nitrogens with zero attached hydrogens (tertiary/aromatic N) is 2. The predicted molar refractivity (Wildman–Crippen MR) is 59.7 cm³/mol. The third-order valence-electron chi connectivity index (χ3n) is 2.16. The predicted octanol–water partition coefficient (Wildman–Crippen LogP) is 0.980. The summed E-state index contributed by atoms with van der Waals surface area (Å²) in [5.74, 6) is 0. The fourth-order valence-corrected chi connectivity index (χ4v) is 1.91. The minimum absolute atomic E-state index is 0.0609. The number of thiazole rings is 1. The highest BCUT2D eigenvalue weighted by Crippen LogP contribution is 2.23. The first-order chi connectivity index (χ1) is 6.56. The van der Waals surface area contributed by atoms with Gasteiger partial charge in [-0.15, -0.1) is 11.3 Å². The molecule has 0 aliphatic heterocycles. The summed E-state index contributed by atoms with van der Waals surface area (Å²) in [6.07, 6.45) is 0. The van der Waals surface area contributed by atoms with E-state index < -0.39 is 0 Å². The minimum Gasteiger partial charge on any atom is -0.394 e. The van der Waals surface area contributed by atoms with Crippen molar-refractivity contribution in [3.63, 3.8) is 0 Å². The number of nitrogens with two attached hydrogens (primary N) is 1. The zero-order valence-corrected chi connectivity index (χ0v) is 9.58. The van der Waals surface area contributed by atoms with Crippen LogP contribution in [0, 0.1) is 0 Å². The van der Waals surface area contributed by atoms with Gasteiger partial charge in [-0.25, -0.2) is 4.98 Å². The molecule has 0 fully saturated rings. The molecule has 1 heterocycles. The summed E-state index contributed by atoms with van der Waals surface area (Å²) in [5.41, 5.74) is 6.42. The number of aliphatic hydroxyl groups excluding tert-OH is 1. The molecule has 0 radical (unpaired) electrons. The van der Waals surface area contributed by atoms with Crippen LogP contribution in [-0.2, 0) is 0 Å². The number of aliphatic hydroxyl groups is 1. The smallest absolute Gasteiger partial charge is 0.185 e. The van der Waals surface area contributed by atoms with Gasteiger partial charge in [-0.1, -0.05) is 0 Å². The third kappa shape index (κ3) is 2.43. The van der Waals surface area contributed by atoms with Crippen LogP contribution >= 0.6 is 11.3 Å². The van der Waals surface area contributed by atoms with Gasteiger partial charge in [0.25, 0.3) is 0 Å². The lowest BCUT2D eigenvalue weighted by atomic mass is 10.3. The topological polar surface area (TPSA) is 62.4 Å². The average Bonchev–Trinajstić information content (AvgIpc) is 2.64. The first kappa shape index (κ1) is 11.4. The van der Waals surface area contributed by atoms with Crippen LogP contribution in [0.5, 0.6) is 0 Å². The Bertz CT molecular complexity index is 287. The van der Waals surface area contributed by atoms with Crippen molar-refractivity contribution in [2.75, 3.05) is 18.6 Å². The molecule has 0 aliphatic carbocycles. The highest BCUT2D eigenvalue weighted by molar-refractivity contribution is 7.13. The molecule has 1 aromatic heterocycles. The van der Waals surface area contributed by atoms with Crippen LogP contribution in [0.25, 0.3) is 0 Å². The molecule has 80 valence electrons. The molecule has 0 aromatic carbocycles. The maximum Gasteiger partial charge on any atom is 0.185 e. The van der Waals surface area contributed by atoms with E-state index in [1.165, 1.54) is 0 Å². The van der Waals surface area contributed by atoms with E-state index in [-0.39, 0.29) is 12.6 Å². The van der Waals surface area contributed by atoms with Gasteiger partial charge in [-0.3, -0.25) is 0 Å². The number of rotatable bonds is 4. The van der Waals surface area contributed by atoms with Crippen molar-refractivity contribution in [3.05, 3.63) is 11.1 Å². The van der Waals surface area contributed by atoms with Gasteiger partial charge in [0.2, 0.25) is 0 Å². The summed E-state index contributed by atoms with van der Waals surface area (Å²) >= 11 is 1.55. The van der Waals surface area contributed by atoms with Gasteiger partial charge < -0.3 is 15.7 Å². The number of anilines is 1. The second kappa shape index (κ2) is 4.72. The first-order valence-corrected chi connectivity index (χ1v) is 5.49. The molecule has 0 amide bonds. The maximum absolute atomic E-state index is 8.87. The molecule has 1 atom stereocenters. The third-order valence-corrected chi connectivity index (χ3v) is 3.11. The summed E-state index contributed by atoms with van der Waals surface area (Å²) in [6, 6.07) is 0.0555. The molecule has 0 bridgehead atoms. The molecule has 0 saturated heterocycles. The zero-order chi connectivity index (χ0) is 10.7. The molecule has 0 spiro atoms. The highest BCUT2D eigenvalue weighted by Gasteiger charge is 2.13. The summed E-state index contributed by atoms with van der Waals surface area (Å²) in [6.45, 7) is 4.15. The summed E-state index contributed by atoms with van der Waals surface area (Å²) in [7, 11) is 2.00. The van der Waals surface area contributed by atoms with E-state index in [4.69, 9.17) is 10.8 Å². The first-order valence-electron chi connectivity index (χ1n) is 4.61. The Labute approximate surface area is 88.4 Å². The molecule has 4 nitrogen and oxygen atoms in total. The van der Waals surface area contributed by atoms with Crippen LogP contribution in [0.4, 0.5) is 5.13 Å². The Morgan fingerprint density at radius 1 is 1.64 bits per heavy atom. The van der Waals surface area contributed by atoms with Gasteiger partial charge in [0, 0.05) is 18.5 Å². The maximum atomic E-state index is 8.87. The van der Waals surface area contributed by atoms with Gasteiger partial charge in [0.15, 0.2) is 5.13 Å². The fraction of sp³-hybridized carbons (Fsp3) is 0.667. The number of hydrogen-bond acceptors (Lipinski definition) is 5. The van der Waals surface area contributed by atoms with Crippen molar-refractivity contribution < 1.29 is 5.11 Å². The zero-order valence-electron chi connectivity index (χ0n) is 8.77. The Morgan fingerprint density at radius 3 is 2.79 bits per heavy atom. The lowest BCUT2D eigenvalue weighted by Gasteiger charge is -2.19. The standard InChI is InChI=1S/C9H17N3OS/c1-6(2)12(3)9-11-8(5-14-9)7(10)4-13/h5-7,13H,4,10H2,1-3H3. The van der Waals surface area contributed by atoms with Crippen molar-refractivity contribution in [2.45, 2.75) is 25.9 Å². The largest absolute Gasteiger partial charge is 0.394 e. The summed E-state index contributed by atoms with van der Waals surface area (Å²) in [5, 5.41) is 11.7. The molecule has 5 heteroatoms. The van der Waals surface area contributed by atoms with Crippen LogP contribution in [-0.4, -0.2) is 29.8 Å². The molecule has 3 N–H and O–H groups in total. The fourth-order valence-electron chi connectivity index (χ4n) is 0.923. The Balaban J connectivity index is 2.77. The average molecular weight is 215 g/mol. The van der Waals surface area contributed by atoms with E-state index in [0.29, 0.717) is 6.04 Å². The van der Waals surface area contributed by atoms with Gasteiger partial charge in [0.1, 0.15) is 0 Å². The second-order valence-electron chi connectivity index (χ2n) is 3.55. The lowest BCUT2D eigenvalue weighted by molar-refractivity contribution is 0.266.